The normalized spacial score (nSPS) is 9.30. The minimum atomic E-state index is 0.654. The van der Waals surface area contributed by atoms with Crippen LogP contribution in [-0.2, 0) is 4.84 Å². The van der Waals surface area contributed by atoms with Crippen molar-refractivity contribution in [1.82, 2.24) is 0 Å². The van der Waals surface area contributed by atoms with Gasteiger partial charge in [0.25, 0.3) is 0 Å². The van der Waals surface area contributed by atoms with Gasteiger partial charge in [0.2, 0.25) is 0 Å². The van der Waals surface area contributed by atoms with Crippen LogP contribution in [0.4, 0.5) is 5.69 Å². The zero-order valence-electron chi connectivity index (χ0n) is 5.46. The first kappa shape index (κ1) is 7.24. The molecule has 0 atom stereocenters. The Kier molecular flexibility index (Phi) is 2.42. The van der Waals surface area contributed by atoms with Gasteiger partial charge in [0.15, 0.2) is 6.29 Å². The smallest absolute Gasteiger partial charge is 0.162 e. The number of carbonyl (C=O) groups excluding carboxylic acids is 1. The number of thiophene rings is 1. The second-order valence-electron chi connectivity index (χ2n) is 1.62. The number of carbonyl (C=O) groups is 1. The SMILES string of the molecule is CONc1ccsc1C=O. The van der Waals surface area contributed by atoms with Gasteiger partial charge < -0.3 is 0 Å². The Labute approximate surface area is 62.6 Å². The highest BCUT2D eigenvalue weighted by molar-refractivity contribution is 7.12. The highest BCUT2D eigenvalue weighted by atomic mass is 32.1. The maximum absolute atomic E-state index is 10.3. The first-order valence-electron chi connectivity index (χ1n) is 2.70. The molecule has 0 aliphatic carbocycles. The van der Waals surface area contributed by atoms with Crippen LogP contribution in [0, 0.1) is 0 Å². The second kappa shape index (κ2) is 3.34. The van der Waals surface area contributed by atoms with E-state index >= 15 is 0 Å². The number of hydrogen-bond donors (Lipinski definition) is 1. The first-order valence-corrected chi connectivity index (χ1v) is 3.58. The molecule has 0 unspecified atom stereocenters. The van der Waals surface area contributed by atoms with Gasteiger partial charge in [0.1, 0.15) is 0 Å². The first-order chi connectivity index (χ1) is 4.88. The van der Waals surface area contributed by atoms with Crippen LogP contribution in [0.2, 0.25) is 0 Å². The molecule has 0 bridgehead atoms. The van der Waals surface area contributed by atoms with Crippen molar-refractivity contribution in [3.05, 3.63) is 16.3 Å². The van der Waals surface area contributed by atoms with Crippen LogP contribution in [-0.4, -0.2) is 13.4 Å². The van der Waals surface area contributed by atoms with Crippen LogP contribution < -0.4 is 5.48 Å². The van der Waals surface area contributed by atoms with Crippen LogP contribution in [0.3, 0.4) is 0 Å². The minimum absolute atomic E-state index is 0.654. The van der Waals surface area contributed by atoms with Gasteiger partial charge in [-0.1, -0.05) is 0 Å². The molecule has 54 valence electrons. The lowest BCUT2D eigenvalue weighted by molar-refractivity contribution is 0.112. The van der Waals surface area contributed by atoms with Crippen LogP contribution in [0.5, 0.6) is 0 Å². The fourth-order valence-electron chi connectivity index (χ4n) is 0.607. The summed E-state index contributed by atoms with van der Waals surface area (Å²) in [5.41, 5.74) is 3.31. The third kappa shape index (κ3) is 1.34. The molecule has 0 saturated heterocycles. The van der Waals surface area contributed by atoms with E-state index in [1.165, 1.54) is 18.4 Å². The Morgan fingerprint density at radius 3 is 3.20 bits per heavy atom. The van der Waals surface area contributed by atoms with Gasteiger partial charge in [0, 0.05) is 0 Å². The number of nitrogens with one attached hydrogen (secondary N) is 1. The molecule has 0 aromatic carbocycles. The van der Waals surface area contributed by atoms with Crippen LogP contribution in [0.1, 0.15) is 9.67 Å². The molecular formula is C6H7NO2S. The summed E-state index contributed by atoms with van der Waals surface area (Å²) >= 11 is 1.38. The number of rotatable bonds is 3. The topological polar surface area (TPSA) is 38.3 Å². The maximum atomic E-state index is 10.3. The third-order valence-electron chi connectivity index (χ3n) is 1.01. The predicted octanol–water partition coefficient (Wildman–Crippen LogP) is 1.53. The average Bonchev–Trinajstić information content (AvgIpc) is 2.36. The molecule has 0 fully saturated rings. The largest absolute Gasteiger partial charge is 0.297 e. The van der Waals surface area contributed by atoms with E-state index in [2.05, 4.69) is 10.3 Å². The monoisotopic (exact) mass is 157 g/mol. The van der Waals surface area contributed by atoms with Crippen molar-refractivity contribution in [3.63, 3.8) is 0 Å². The van der Waals surface area contributed by atoms with Crippen molar-refractivity contribution in [2.45, 2.75) is 0 Å². The average molecular weight is 157 g/mol. The van der Waals surface area contributed by atoms with E-state index in [0.29, 0.717) is 4.88 Å². The molecule has 0 spiro atoms. The molecule has 0 amide bonds. The Morgan fingerprint density at radius 2 is 2.60 bits per heavy atom. The predicted molar refractivity (Wildman–Crippen MR) is 40.3 cm³/mol. The van der Waals surface area contributed by atoms with Gasteiger partial charge in [0.05, 0.1) is 17.7 Å². The summed E-state index contributed by atoms with van der Waals surface area (Å²) in [6.45, 7) is 0. The molecule has 10 heavy (non-hydrogen) atoms. The molecule has 0 saturated carbocycles. The number of aldehydes is 1. The van der Waals surface area contributed by atoms with E-state index < -0.39 is 0 Å². The lowest BCUT2D eigenvalue weighted by Crippen LogP contribution is -1.95. The quantitative estimate of drug-likeness (QED) is 0.534. The van der Waals surface area contributed by atoms with E-state index in [4.69, 9.17) is 0 Å². The highest BCUT2D eigenvalue weighted by Crippen LogP contribution is 2.19. The van der Waals surface area contributed by atoms with Gasteiger partial charge in [-0.05, 0) is 11.4 Å². The highest BCUT2D eigenvalue weighted by Gasteiger charge is 1.99. The van der Waals surface area contributed by atoms with E-state index in [0.717, 1.165) is 12.0 Å². The van der Waals surface area contributed by atoms with Crippen molar-refractivity contribution < 1.29 is 9.63 Å². The summed E-state index contributed by atoms with van der Waals surface area (Å²) in [6, 6.07) is 1.79. The Hall–Kier alpha value is -0.870. The van der Waals surface area contributed by atoms with Crippen LogP contribution in [0.25, 0.3) is 0 Å². The molecule has 4 heteroatoms. The molecule has 1 rings (SSSR count). The Bertz CT molecular complexity index is 221. The van der Waals surface area contributed by atoms with E-state index in [-0.39, 0.29) is 0 Å². The van der Waals surface area contributed by atoms with Gasteiger partial charge in [-0.25, -0.2) is 0 Å². The molecular weight excluding hydrogens is 150 g/mol. The summed E-state index contributed by atoms with van der Waals surface area (Å²) in [7, 11) is 1.51. The maximum Gasteiger partial charge on any atom is 0.162 e. The van der Waals surface area contributed by atoms with Gasteiger partial charge in [-0.15, -0.1) is 11.3 Å². The lowest BCUT2D eigenvalue weighted by Gasteiger charge is -1.97. The third-order valence-corrected chi connectivity index (χ3v) is 1.86. The van der Waals surface area contributed by atoms with E-state index in [1.807, 2.05) is 5.38 Å². The van der Waals surface area contributed by atoms with Crippen molar-refractivity contribution in [2.75, 3.05) is 12.6 Å². The fourth-order valence-corrected chi connectivity index (χ4v) is 1.25. The number of anilines is 1. The van der Waals surface area contributed by atoms with E-state index in [9.17, 15) is 4.79 Å². The van der Waals surface area contributed by atoms with Crippen molar-refractivity contribution in [2.24, 2.45) is 0 Å². The van der Waals surface area contributed by atoms with Crippen molar-refractivity contribution in [3.8, 4) is 0 Å². The molecule has 0 aliphatic rings. The van der Waals surface area contributed by atoms with Gasteiger partial charge in [-0.3, -0.25) is 15.1 Å². The zero-order chi connectivity index (χ0) is 7.40. The summed E-state index contributed by atoms with van der Waals surface area (Å²) in [6.07, 6.45) is 0.798. The zero-order valence-corrected chi connectivity index (χ0v) is 6.27. The number of hydrogen-bond acceptors (Lipinski definition) is 4. The molecule has 1 aromatic heterocycles. The Morgan fingerprint density at radius 1 is 1.80 bits per heavy atom. The van der Waals surface area contributed by atoms with Crippen molar-refractivity contribution >= 4 is 23.3 Å². The van der Waals surface area contributed by atoms with Gasteiger partial charge in [-0.2, -0.15) is 0 Å². The summed E-state index contributed by atoms with van der Waals surface area (Å²) < 4.78 is 0. The fraction of sp³-hybridized carbons (Fsp3) is 0.167. The molecule has 3 nitrogen and oxygen atoms in total. The van der Waals surface area contributed by atoms with Crippen LogP contribution in [0.15, 0.2) is 11.4 Å². The summed E-state index contributed by atoms with van der Waals surface area (Å²) in [5, 5.41) is 1.82. The lowest BCUT2D eigenvalue weighted by atomic mass is 10.4. The molecule has 0 radical (unpaired) electrons. The molecule has 1 aromatic rings. The molecule has 0 aliphatic heterocycles. The minimum Gasteiger partial charge on any atom is -0.297 e. The Balaban J connectivity index is 2.79. The van der Waals surface area contributed by atoms with Crippen LogP contribution >= 0.6 is 11.3 Å². The second-order valence-corrected chi connectivity index (χ2v) is 2.57. The van der Waals surface area contributed by atoms with E-state index in [1.54, 1.807) is 6.07 Å². The molecule has 1 heterocycles. The summed E-state index contributed by atoms with van der Waals surface area (Å²) in [5.74, 6) is 0. The summed E-state index contributed by atoms with van der Waals surface area (Å²) in [4.78, 5) is 15.6. The standard InChI is InChI=1S/C6H7NO2S/c1-9-7-5-2-3-10-6(5)4-8/h2-4,7H,1H3. The molecule has 1 N–H and O–H groups in total. The van der Waals surface area contributed by atoms with Gasteiger partial charge >= 0.3 is 0 Å². The van der Waals surface area contributed by atoms with Crippen molar-refractivity contribution in [1.29, 1.82) is 0 Å².